The molecule has 0 saturated heterocycles. The topological polar surface area (TPSA) is 82.3 Å². The quantitative estimate of drug-likeness (QED) is 0.495. The number of halogens is 1. The molecular weight excluding hydrogens is 232 g/mol. The van der Waals surface area contributed by atoms with Crippen LogP contribution in [0.1, 0.15) is 12.5 Å². The van der Waals surface area contributed by atoms with Crippen LogP contribution in [0.2, 0.25) is 5.15 Å². The van der Waals surface area contributed by atoms with Crippen LogP contribution in [0.15, 0.2) is 18.3 Å². The summed E-state index contributed by atoms with van der Waals surface area (Å²) in [6.07, 6.45) is 0.887. The molecular formula is C10H11ClN2O3. The van der Waals surface area contributed by atoms with Gasteiger partial charge >= 0.3 is 12.1 Å². The first-order chi connectivity index (χ1) is 7.49. The third-order valence-electron chi connectivity index (χ3n) is 1.93. The number of aromatic nitrogens is 1. The van der Waals surface area contributed by atoms with E-state index in [1.165, 1.54) is 0 Å². The largest absolute Gasteiger partial charge is 0.412 e. The number of rotatable bonds is 3. The van der Waals surface area contributed by atoms with Crippen molar-refractivity contribution in [3.8, 4) is 0 Å². The number of ether oxygens (including phenoxy) is 1. The van der Waals surface area contributed by atoms with Crippen LogP contribution < -0.4 is 5.73 Å². The first-order valence-corrected chi connectivity index (χ1v) is 4.98. The van der Waals surface area contributed by atoms with Gasteiger partial charge in [-0.2, -0.15) is 0 Å². The minimum Gasteiger partial charge on any atom is -0.376 e. The van der Waals surface area contributed by atoms with Crippen LogP contribution in [0, 0.1) is 5.92 Å². The van der Waals surface area contributed by atoms with Crippen LogP contribution in [0.5, 0.6) is 0 Å². The number of esters is 1. The molecule has 5 nitrogen and oxygen atoms in total. The zero-order valence-electron chi connectivity index (χ0n) is 8.64. The molecule has 86 valence electrons. The molecule has 6 heteroatoms. The van der Waals surface area contributed by atoms with E-state index < -0.39 is 18.0 Å². The standard InChI is InChI=1S/C10H11ClN2O3/c1-6(9(14)16-10(12)15)4-7-2-3-8(11)13-5-7/h2-3,5-6H,4H2,1H3,(H2,12,15). The Morgan fingerprint density at radius 3 is 2.75 bits per heavy atom. The minimum atomic E-state index is -1.09. The molecule has 1 amide bonds. The van der Waals surface area contributed by atoms with Crippen LogP contribution in [0.4, 0.5) is 4.79 Å². The fourth-order valence-electron chi connectivity index (χ4n) is 1.16. The van der Waals surface area contributed by atoms with Crippen molar-refractivity contribution in [1.29, 1.82) is 0 Å². The van der Waals surface area contributed by atoms with E-state index in [-0.39, 0.29) is 0 Å². The molecule has 0 aliphatic carbocycles. The summed E-state index contributed by atoms with van der Waals surface area (Å²) in [5.41, 5.74) is 5.56. The van der Waals surface area contributed by atoms with Gasteiger partial charge < -0.3 is 10.5 Å². The van der Waals surface area contributed by atoms with Gasteiger partial charge in [0.25, 0.3) is 0 Å². The maximum atomic E-state index is 11.3. The molecule has 0 aliphatic rings. The Morgan fingerprint density at radius 2 is 2.25 bits per heavy atom. The Labute approximate surface area is 97.6 Å². The van der Waals surface area contributed by atoms with Crippen molar-refractivity contribution in [1.82, 2.24) is 4.98 Å². The van der Waals surface area contributed by atoms with Crippen molar-refractivity contribution in [2.45, 2.75) is 13.3 Å². The van der Waals surface area contributed by atoms with E-state index in [1.807, 2.05) is 0 Å². The molecule has 0 spiro atoms. The highest BCUT2D eigenvalue weighted by Crippen LogP contribution is 2.11. The van der Waals surface area contributed by atoms with Gasteiger partial charge in [-0.3, -0.25) is 4.79 Å². The smallest absolute Gasteiger partial charge is 0.376 e. The van der Waals surface area contributed by atoms with Gasteiger partial charge in [-0.15, -0.1) is 0 Å². The highest BCUT2D eigenvalue weighted by molar-refractivity contribution is 6.29. The summed E-state index contributed by atoms with van der Waals surface area (Å²) >= 11 is 5.62. The van der Waals surface area contributed by atoms with Gasteiger partial charge in [-0.05, 0) is 18.1 Å². The lowest BCUT2D eigenvalue weighted by molar-refractivity contribution is -0.141. The molecule has 0 aliphatic heterocycles. The van der Waals surface area contributed by atoms with Crippen molar-refractivity contribution in [2.75, 3.05) is 0 Å². The van der Waals surface area contributed by atoms with E-state index in [9.17, 15) is 9.59 Å². The maximum Gasteiger partial charge on any atom is 0.412 e. The summed E-state index contributed by atoms with van der Waals surface area (Å²) in [6.45, 7) is 1.64. The third-order valence-corrected chi connectivity index (χ3v) is 2.16. The van der Waals surface area contributed by atoms with Crippen LogP contribution in [-0.4, -0.2) is 17.0 Å². The Bertz CT molecular complexity index is 392. The van der Waals surface area contributed by atoms with Gasteiger partial charge in [-0.25, -0.2) is 9.78 Å². The van der Waals surface area contributed by atoms with Gasteiger partial charge in [0.1, 0.15) is 5.15 Å². The summed E-state index contributed by atoms with van der Waals surface area (Å²) in [4.78, 5) is 25.5. The predicted molar refractivity (Wildman–Crippen MR) is 57.8 cm³/mol. The lowest BCUT2D eigenvalue weighted by atomic mass is 10.0. The molecule has 0 aromatic carbocycles. The number of hydrogen-bond donors (Lipinski definition) is 1. The van der Waals surface area contributed by atoms with Crippen molar-refractivity contribution in [2.24, 2.45) is 11.7 Å². The zero-order chi connectivity index (χ0) is 12.1. The van der Waals surface area contributed by atoms with Crippen molar-refractivity contribution in [3.63, 3.8) is 0 Å². The van der Waals surface area contributed by atoms with E-state index in [2.05, 4.69) is 9.72 Å². The maximum absolute atomic E-state index is 11.3. The van der Waals surface area contributed by atoms with E-state index in [0.717, 1.165) is 5.56 Å². The first kappa shape index (κ1) is 12.4. The predicted octanol–water partition coefficient (Wildman–Crippen LogP) is 1.54. The monoisotopic (exact) mass is 242 g/mol. The molecule has 1 heterocycles. The van der Waals surface area contributed by atoms with Gasteiger partial charge in [0.2, 0.25) is 0 Å². The Morgan fingerprint density at radius 1 is 1.56 bits per heavy atom. The molecule has 1 aromatic rings. The number of pyridine rings is 1. The number of carbonyl (C=O) groups is 2. The lowest BCUT2D eigenvalue weighted by Crippen LogP contribution is -2.24. The van der Waals surface area contributed by atoms with E-state index in [1.54, 1.807) is 25.3 Å². The second-order valence-electron chi connectivity index (χ2n) is 3.33. The number of nitrogens with zero attached hydrogens (tertiary/aromatic N) is 1. The molecule has 1 atom stereocenters. The molecule has 16 heavy (non-hydrogen) atoms. The normalized spacial score (nSPS) is 11.9. The van der Waals surface area contributed by atoms with Crippen molar-refractivity contribution < 1.29 is 14.3 Å². The van der Waals surface area contributed by atoms with Crippen molar-refractivity contribution >= 4 is 23.7 Å². The number of amides is 1. The Balaban J connectivity index is 2.57. The van der Waals surface area contributed by atoms with Gasteiger partial charge in [0.15, 0.2) is 0 Å². The molecule has 0 radical (unpaired) electrons. The molecule has 1 unspecified atom stereocenters. The van der Waals surface area contributed by atoms with Gasteiger partial charge in [-0.1, -0.05) is 24.6 Å². The van der Waals surface area contributed by atoms with E-state index in [4.69, 9.17) is 17.3 Å². The first-order valence-electron chi connectivity index (χ1n) is 4.60. The molecule has 0 saturated carbocycles. The summed E-state index contributed by atoms with van der Waals surface area (Å²) in [6, 6.07) is 3.38. The van der Waals surface area contributed by atoms with Crippen molar-refractivity contribution in [3.05, 3.63) is 29.0 Å². The Kier molecular flexibility index (Phi) is 4.25. The fraction of sp³-hybridized carbons (Fsp3) is 0.300. The molecule has 2 N–H and O–H groups in total. The average Bonchev–Trinajstić information content (AvgIpc) is 2.20. The average molecular weight is 243 g/mol. The highest BCUT2D eigenvalue weighted by Gasteiger charge is 2.17. The van der Waals surface area contributed by atoms with Crippen LogP contribution in [-0.2, 0) is 16.0 Å². The molecule has 1 rings (SSSR count). The van der Waals surface area contributed by atoms with E-state index in [0.29, 0.717) is 11.6 Å². The number of primary amides is 1. The second kappa shape index (κ2) is 5.46. The summed E-state index contributed by atoms with van der Waals surface area (Å²) in [5, 5.41) is 0.385. The highest BCUT2D eigenvalue weighted by atomic mass is 35.5. The molecule has 0 fully saturated rings. The fourth-order valence-corrected chi connectivity index (χ4v) is 1.28. The number of hydrogen-bond acceptors (Lipinski definition) is 4. The third kappa shape index (κ3) is 3.86. The molecule has 0 bridgehead atoms. The second-order valence-corrected chi connectivity index (χ2v) is 3.72. The summed E-state index contributed by atoms with van der Waals surface area (Å²) < 4.78 is 4.26. The van der Waals surface area contributed by atoms with Crippen LogP contribution in [0.25, 0.3) is 0 Å². The minimum absolute atomic E-state index is 0.385. The van der Waals surface area contributed by atoms with Gasteiger partial charge in [0, 0.05) is 6.20 Å². The number of nitrogens with two attached hydrogens (primary N) is 1. The summed E-state index contributed by atoms with van der Waals surface area (Å²) in [5.74, 6) is -1.11. The SMILES string of the molecule is CC(Cc1ccc(Cl)nc1)C(=O)OC(N)=O. The van der Waals surface area contributed by atoms with Gasteiger partial charge in [0.05, 0.1) is 5.92 Å². The number of carbonyl (C=O) groups excluding carboxylic acids is 2. The van der Waals surface area contributed by atoms with Crippen LogP contribution in [0.3, 0.4) is 0 Å². The molecule has 1 aromatic heterocycles. The zero-order valence-corrected chi connectivity index (χ0v) is 9.40. The Hall–Kier alpha value is -1.62. The van der Waals surface area contributed by atoms with E-state index >= 15 is 0 Å². The summed E-state index contributed by atoms with van der Waals surface area (Å²) in [7, 11) is 0. The van der Waals surface area contributed by atoms with Crippen LogP contribution >= 0.6 is 11.6 Å². The lowest BCUT2D eigenvalue weighted by Gasteiger charge is -2.08.